The largest absolute Gasteiger partial charge is 0.480 e. The minimum absolute atomic E-state index is 0.112. The number of rotatable bonds is 7. The summed E-state index contributed by atoms with van der Waals surface area (Å²) < 4.78 is 4.95. The molecule has 0 aliphatic carbocycles. The quantitative estimate of drug-likeness (QED) is 0.536. The number of hydrogen-bond donors (Lipinski definition) is 2. The number of nitrogens with zero attached hydrogens (tertiary/aromatic N) is 2. The number of esters is 1. The van der Waals surface area contributed by atoms with Gasteiger partial charge < -0.3 is 20.1 Å². The number of fused-ring (bicyclic) bond motifs is 1. The van der Waals surface area contributed by atoms with Gasteiger partial charge in [0.1, 0.15) is 11.8 Å². The molecule has 1 aromatic carbocycles. The average molecular weight is 389 g/mol. The Kier molecular flexibility index (Phi) is 5.80. The highest BCUT2D eigenvalue weighted by Gasteiger charge is 2.28. The van der Waals surface area contributed by atoms with E-state index in [1.807, 2.05) is 10.3 Å². The highest BCUT2D eigenvalue weighted by atomic mass is 32.2. The predicted octanol–water partition coefficient (Wildman–Crippen LogP) is 1.37. The van der Waals surface area contributed by atoms with E-state index in [1.54, 1.807) is 24.3 Å². The smallest absolute Gasteiger partial charge is 0.326 e. The van der Waals surface area contributed by atoms with Crippen molar-refractivity contribution in [3.05, 3.63) is 40.9 Å². The number of amides is 1. The van der Waals surface area contributed by atoms with Gasteiger partial charge >= 0.3 is 11.9 Å². The molecule has 2 aliphatic rings. The molecule has 0 fully saturated rings. The number of carboxylic acid groups (broad SMARTS) is 1. The van der Waals surface area contributed by atoms with E-state index in [2.05, 4.69) is 10.3 Å². The Morgan fingerprint density at radius 1 is 1.33 bits per heavy atom. The lowest BCUT2D eigenvalue weighted by Crippen LogP contribution is -2.42. The van der Waals surface area contributed by atoms with E-state index >= 15 is 0 Å². The molecule has 0 aromatic heterocycles. The summed E-state index contributed by atoms with van der Waals surface area (Å²) in [5, 5.41) is 14.8. The van der Waals surface area contributed by atoms with Crippen LogP contribution in [0.5, 0.6) is 5.75 Å². The van der Waals surface area contributed by atoms with Crippen molar-refractivity contribution in [2.24, 2.45) is 4.99 Å². The lowest BCUT2D eigenvalue weighted by atomic mass is 10.1. The summed E-state index contributed by atoms with van der Waals surface area (Å²) in [6.45, 7) is 2.76. The van der Waals surface area contributed by atoms with Crippen molar-refractivity contribution in [1.82, 2.24) is 10.2 Å². The second-order valence-electron chi connectivity index (χ2n) is 6.12. The summed E-state index contributed by atoms with van der Waals surface area (Å²) in [4.78, 5) is 41.1. The van der Waals surface area contributed by atoms with E-state index in [1.165, 1.54) is 18.7 Å². The molecule has 2 aliphatic heterocycles. The van der Waals surface area contributed by atoms with Crippen LogP contribution in [0.25, 0.3) is 0 Å². The van der Waals surface area contributed by atoms with Crippen molar-refractivity contribution >= 4 is 34.8 Å². The molecule has 0 radical (unpaired) electrons. The second kappa shape index (κ2) is 8.26. The van der Waals surface area contributed by atoms with Gasteiger partial charge in [-0.25, -0.2) is 4.79 Å². The first-order chi connectivity index (χ1) is 12.9. The van der Waals surface area contributed by atoms with Crippen LogP contribution in [0.15, 0.2) is 40.4 Å². The van der Waals surface area contributed by atoms with Crippen LogP contribution < -0.4 is 10.1 Å². The number of carboxylic acids is 1. The van der Waals surface area contributed by atoms with Gasteiger partial charge in [0, 0.05) is 25.6 Å². The van der Waals surface area contributed by atoms with Crippen molar-refractivity contribution in [2.75, 3.05) is 13.1 Å². The van der Waals surface area contributed by atoms with Crippen LogP contribution in [0, 0.1) is 0 Å². The van der Waals surface area contributed by atoms with Gasteiger partial charge in [-0.3, -0.25) is 14.6 Å². The van der Waals surface area contributed by atoms with E-state index in [4.69, 9.17) is 4.74 Å². The third kappa shape index (κ3) is 4.88. The molecule has 1 amide bonds. The third-order valence-corrected chi connectivity index (χ3v) is 5.00. The minimum Gasteiger partial charge on any atom is -0.480 e. The fourth-order valence-corrected chi connectivity index (χ4v) is 3.77. The van der Waals surface area contributed by atoms with Crippen molar-refractivity contribution in [3.63, 3.8) is 0 Å². The SMILES string of the molecule is CC(=O)Oc1ccc(CC(NC(=O)CC2=CSC3=NCCN23)C(=O)O)cc1. The number of nitrogens with one attached hydrogen (secondary N) is 1. The first-order valence-corrected chi connectivity index (χ1v) is 9.27. The van der Waals surface area contributed by atoms with Crippen molar-refractivity contribution in [3.8, 4) is 5.75 Å². The maximum absolute atomic E-state index is 12.3. The molecule has 1 unspecified atom stereocenters. The number of carbonyl (C=O) groups is 3. The van der Waals surface area contributed by atoms with E-state index < -0.39 is 18.0 Å². The number of aliphatic imine (C=N–C) groups is 1. The molecule has 0 bridgehead atoms. The lowest BCUT2D eigenvalue weighted by molar-refractivity contribution is -0.141. The molecule has 0 saturated heterocycles. The Labute approximate surface area is 160 Å². The number of amidine groups is 1. The predicted molar refractivity (Wildman–Crippen MR) is 100 cm³/mol. The molecule has 0 spiro atoms. The summed E-state index contributed by atoms with van der Waals surface area (Å²) >= 11 is 1.48. The van der Waals surface area contributed by atoms with Crippen LogP contribution in [0.1, 0.15) is 18.9 Å². The van der Waals surface area contributed by atoms with Gasteiger partial charge in [-0.05, 0) is 23.1 Å². The van der Waals surface area contributed by atoms with Crippen LogP contribution in [0.4, 0.5) is 0 Å². The molecule has 2 N–H and O–H groups in total. The number of ether oxygens (including phenoxy) is 1. The highest BCUT2D eigenvalue weighted by molar-refractivity contribution is 8.16. The zero-order valence-corrected chi connectivity index (χ0v) is 15.5. The molecule has 27 heavy (non-hydrogen) atoms. The van der Waals surface area contributed by atoms with Gasteiger partial charge in [0.25, 0.3) is 0 Å². The van der Waals surface area contributed by atoms with Crippen LogP contribution >= 0.6 is 11.8 Å². The van der Waals surface area contributed by atoms with Gasteiger partial charge in [-0.2, -0.15) is 0 Å². The maximum atomic E-state index is 12.3. The zero-order chi connectivity index (χ0) is 19.4. The van der Waals surface area contributed by atoms with Gasteiger partial charge in [-0.15, -0.1) is 0 Å². The van der Waals surface area contributed by atoms with Crippen LogP contribution in [-0.2, 0) is 20.8 Å². The summed E-state index contributed by atoms with van der Waals surface area (Å²) in [6, 6.07) is 5.48. The molecule has 1 atom stereocenters. The van der Waals surface area contributed by atoms with Crippen LogP contribution in [0.3, 0.4) is 0 Å². The first-order valence-electron chi connectivity index (χ1n) is 8.39. The molecule has 1 aromatic rings. The van der Waals surface area contributed by atoms with Crippen LogP contribution in [0.2, 0.25) is 0 Å². The Hall–Kier alpha value is -2.81. The summed E-state index contributed by atoms with van der Waals surface area (Å²) in [6.07, 6.45) is 0.243. The Morgan fingerprint density at radius 3 is 2.74 bits per heavy atom. The topological polar surface area (TPSA) is 108 Å². The van der Waals surface area contributed by atoms with Gasteiger partial charge in [0.2, 0.25) is 5.91 Å². The fraction of sp³-hybridized carbons (Fsp3) is 0.333. The van der Waals surface area contributed by atoms with E-state index in [-0.39, 0.29) is 18.7 Å². The summed E-state index contributed by atoms with van der Waals surface area (Å²) in [5.41, 5.74) is 1.55. The molecule has 3 rings (SSSR count). The maximum Gasteiger partial charge on any atom is 0.326 e. The molecular formula is C18H19N3O5S. The Morgan fingerprint density at radius 2 is 2.07 bits per heavy atom. The molecule has 8 nitrogen and oxygen atoms in total. The first kappa shape index (κ1) is 19.0. The number of thioether (sulfide) groups is 1. The van der Waals surface area contributed by atoms with Crippen molar-refractivity contribution < 1.29 is 24.2 Å². The van der Waals surface area contributed by atoms with Gasteiger partial charge in [0.05, 0.1) is 13.0 Å². The lowest BCUT2D eigenvalue weighted by Gasteiger charge is -2.18. The van der Waals surface area contributed by atoms with Gasteiger partial charge in [0.15, 0.2) is 5.17 Å². The second-order valence-corrected chi connectivity index (χ2v) is 6.96. The summed E-state index contributed by atoms with van der Waals surface area (Å²) in [7, 11) is 0. The van der Waals surface area contributed by atoms with Gasteiger partial charge in [-0.1, -0.05) is 23.9 Å². The molecule has 0 saturated carbocycles. The normalized spacial score (nSPS) is 16.3. The Balaban J connectivity index is 1.57. The number of benzene rings is 1. The molecular weight excluding hydrogens is 370 g/mol. The molecule has 142 valence electrons. The van der Waals surface area contributed by atoms with E-state index in [0.29, 0.717) is 17.9 Å². The minimum atomic E-state index is -1.11. The zero-order valence-electron chi connectivity index (χ0n) is 14.7. The number of aliphatic carboxylic acids is 1. The number of hydrogen-bond acceptors (Lipinski definition) is 7. The van der Waals surface area contributed by atoms with E-state index in [9.17, 15) is 19.5 Å². The monoisotopic (exact) mass is 389 g/mol. The van der Waals surface area contributed by atoms with Crippen molar-refractivity contribution in [1.29, 1.82) is 0 Å². The molecule has 2 heterocycles. The third-order valence-electron chi connectivity index (χ3n) is 4.05. The molecule has 9 heteroatoms. The number of carbonyl (C=O) groups excluding carboxylic acids is 2. The van der Waals surface area contributed by atoms with Crippen LogP contribution in [-0.4, -0.2) is 52.2 Å². The average Bonchev–Trinajstić information content (AvgIpc) is 3.20. The highest BCUT2D eigenvalue weighted by Crippen LogP contribution is 2.30. The summed E-state index contributed by atoms with van der Waals surface area (Å²) in [5.74, 6) is -1.50. The fourth-order valence-electron chi connectivity index (χ4n) is 2.82. The van der Waals surface area contributed by atoms with Crippen molar-refractivity contribution in [2.45, 2.75) is 25.8 Å². The standard InChI is InChI=1S/C18H19N3O5S/c1-11(22)26-14-4-2-12(3-5-14)8-15(17(24)25)20-16(23)9-13-10-27-18-19-6-7-21(13)18/h2-5,10,15H,6-9H2,1H3,(H,20,23)(H,24,25). The van der Waals surface area contributed by atoms with E-state index in [0.717, 1.165) is 17.4 Å². The Bertz CT molecular complexity index is 819.